The highest BCUT2D eigenvalue weighted by Crippen LogP contribution is 2.23. The second kappa shape index (κ2) is 8.03. The molecule has 0 radical (unpaired) electrons. The molecule has 2 aromatic rings. The number of hydrogen-bond acceptors (Lipinski definition) is 6. The van der Waals surface area contributed by atoms with Gasteiger partial charge in [-0.1, -0.05) is 24.4 Å². The SMILES string of the molecule is Cc1nn(CCC(=O)N2CCN(C3CCCCC3)CC2)c(=O)c2noc(C)c12. The minimum atomic E-state index is -0.299. The van der Waals surface area contributed by atoms with E-state index < -0.39 is 0 Å². The Morgan fingerprint density at radius 2 is 1.82 bits per heavy atom. The molecule has 1 amide bonds. The summed E-state index contributed by atoms with van der Waals surface area (Å²) in [6.45, 7) is 7.33. The number of aryl methyl sites for hydroxylation is 3. The Morgan fingerprint density at radius 3 is 2.54 bits per heavy atom. The van der Waals surface area contributed by atoms with Gasteiger partial charge in [-0.3, -0.25) is 14.5 Å². The monoisotopic (exact) mass is 387 g/mol. The molecule has 0 spiro atoms. The Hall–Kier alpha value is -2.22. The predicted molar refractivity (Wildman–Crippen MR) is 105 cm³/mol. The van der Waals surface area contributed by atoms with Gasteiger partial charge in [0.2, 0.25) is 5.91 Å². The van der Waals surface area contributed by atoms with Crippen molar-refractivity contribution in [2.75, 3.05) is 26.2 Å². The number of carbonyl (C=O) groups excluding carboxylic acids is 1. The average molecular weight is 387 g/mol. The highest BCUT2D eigenvalue weighted by atomic mass is 16.5. The molecule has 28 heavy (non-hydrogen) atoms. The Morgan fingerprint density at radius 1 is 1.11 bits per heavy atom. The summed E-state index contributed by atoms with van der Waals surface area (Å²) in [6, 6.07) is 0.703. The third kappa shape index (κ3) is 3.70. The number of nitrogens with zero attached hydrogens (tertiary/aromatic N) is 5. The van der Waals surface area contributed by atoms with Crippen LogP contribution in [0.25, 0.3) is 10.9 Å². The molecule has 1 aliphatic heterocycles. The lowest BCUT2D eigenvalue weighted by atomic mass is 9.94. The van der Waals surface area contributed by atoms with Gasteiger partial charge in [-0.05, 0) is 26.7 Å². The maximum Gasteiger partial charge on any atom is 0.296 e. The van der Waals surface area contributed by atoms with Crippen LogP contribution in [-0.4, -0.2) is 62.9 Å². The van der Waals surface area contributed by atoms with Gasteiger partial charge in [0.25, 0.3) is 5.56 Å². The molecule has 0 bridgehead atoms. The van der Waals surface area contributed by atoms with Gasteiger partial charge in [0, 0.05) is 38.6 Å². The summed E-state index contributed by atoms with van der Waals surface area (Å²) < 4.78 is 6.47. The molecule has 1 saturated carbocycles. The summed E-state index contributed by atoms with van der Waals surface area (Å²) >= 11 is 0. The number of rotatable bonds is 4. The third-order valence-electron chi connectivity index (χ3n) is 6.23. The number of hydrogen-bond donors (Lipinski definition) is 0. The van der Waals surface area contributed by atoms with Crippen molar-refractivity contribution in [1.29, 1.82) is 0 Å². The molecule has 4 rings (SSSR count). The van der Waals surface area contributed by atoms with Crippen molar-refractivity contribution in [2.45, 2.75) is 65.0 Å². The first-order valence-electron chi connectivity index (χ1n) is 10.4. The van der Waals surface area contributed by atoms with E-state index in [4.69, 9.17) is 4.52 Å². The maximum atomic E-state index is 12.6. The van der Waals surface area contributed by atoms with E-state index in [-0.39, 0.29) is 24.4 Å². The van der Waals surface area contributed by atoms with Crippen molar-refractivity contribution in [1.82, 2.24) is 24.7 Å². The summed E-state index contributed by atoms with van der Waals surface area (Å²) in [5, 5.41) is 8.88. The van der Waals surface area contributed by atoms with Crippen LogP contribution < -0.4 is 5.56 Å². The zero-order valence-electron chi connectivity index (χ0n) is 16.8. The van der Waals surface area contributed by atoms with Gasteiger partial charge < -0.3 is 9.42 Å². The van der Waals surface area contributed by atoms with Crippen molar-refractivity contribution in [3.8, 4) is 0 Å². The van der Waals surface area contributed by atoms with Crippen LogP contribution in [0.4, 0.5) is 0 Å². The quantitative estimate of drug-likeness (QED) is 0.796. The lowest BCUT2D eigenvalue weighted by molar-refractivity contribution is -0.133. The lowest BCUT2D eigenvalue weighted by Crippen LogP contribution is -2.52. The molecule has 0 atom stereocenters. The van der Waals surface area contributed by atoms with Crippen molar-refractivity contribution >= 4 is 16.8 Å². The van der Waals surface area contributed by atoms with Gasteiger partial charge in [-0.15, -0.1) is 0 Å². The number of carbonyl (C=O) groups is 1. The first-order valence-corrected chi connectivity index (χ1v) is 10.4. The minimum absolute atomic E-state index is 0.0890. The molecule has 0 unspecified atom stereocenters. The second-order valence-corrected chi connectivity index (χ2v) is 8.03. The largest absolute Gasteiger partial charge is 0.360 e. The predicted octanol–water partition coefficient (Wildman–Crippen LogP) is 1.87. The molecule has 3 heterocycles. The average Bonchev–Trinajstić information content (AvgIpc) is 3.12. The summed E-state index contributed by atoms with van der Waals surface area (Å²) in [5.74, 6) is 0.683. The molecule has 152 valence electrons. The maximum absolute atomic E-state index is 12.6. The zero-order chi connectivity index (χ0) is 19.7. The third-order valence-corrected chi connectivity index (χ3v) is 6.23. The van der Waals surface area contributed by atoms with E-state index in [0.717, 1.165) is 26.2 Å². The fourth-order valence-electron chi connectivity index (χ4n) is 4.64. The van der Waals surface area contributed by atoms with Crippen LogP contribution >= 0.6 is 0 Å². The molecule has 0 aromatic carbocycles. The van der Waals surface area contributed by atoms with Crippen molar-refractivity contribution in [2.24, 2.45) is 0 Å². The van der Waals surface area contributed by atoms with Crippen molar-refractivity contribution < 1.29 is 9.32 Å². The van der Waals surface area contributed by atoms with Crippen LogP contribution in [0, 0.1) is 13.8 Å². The van der Waals surface area contributed by atoms with Crippen LogP contribution in [0.1, 0.15) is 50.0 Å². The van der Waals surface area contributed by atoms with Gasteiger partial charge in [0.1, 0.15) is 5.76 Å². The minimum Gasteiger partial charge on any atom is -0.360 e. The zero-order valence-corrected chi connectivity index (χ0v) is 16.8. The fraction of sp³-hybridized carbons (Fsp3) is 0.700. The molecular weight excluding hydrogens is 358 g/mol. The molecule has 1 saturated heterocycles. The summed E-state index contributed by atoms with van der Waals surface area (Å²) in [6.07, 6.45) is 6.90. The Labute approximate surface area is 164 Å². The number of aromatic nitrogens is 3. The smallest absolute Gasteiger partial charge is 0.296 e. The number of amides is 1. The summed E-state index contributed by atoms with van der Waals surface area (Å²) in [5.41, 5.74) is 0.688. The second-order valence-electron chi connectivity index (χ2n) is 8.03. The topological polar surface area (TPSA) is 84.5 Å². The molecule has 8 heteroatoms. The van der Waals surface area contributed by atoms with Gasteiger partial charge >= 0.3 is 0 Å². The molecule has 0 N–H and O–H groups in total. The van der Waals surface area contributed by atoms with E-state index in [0.29, 0.717) is 28.4 Å². The standard InChI is InChI=1S/C20H29N5O3/c1-14-18-15(2)28-22-19(18)20(27)25(21-14)9-8-17(26)24-12-10-23(11-13-24)16-6-4-3-5-7-16/h16H,3-13H2,1-2H3. The van der Waals surface area contributed by atoms with Gasteiger partial charge in [-0.25, -0.2) is 4.68 Å². The van der Waals surface area contributed by atoms with Crippen LogP contribution in [0.5, 0.6) is 0 Å². The summed E-state index contributed by atoms with van der Waals surface area (Å²) in [7, 11) is 0. The molecule has 8 nitrogen and oxygen atoms in total. The van der Waals surface area contributed by atoms with E-state index in [2.05, 4.69) is 15.2 Å². The fourth-order valence-corrected chi connectivity index (χ4v) is 4.64. The Kier molecular flexibility index (Phi) is 5.48. The molecule has 2 aliphatic rings. The Bertz CT molecular complexity index is 904. The van der Waals surface area contributed by atoms with E-state index in [1.54, 1.807) is 6.92 Å². The lowest BCUT2D eigenvalue weighted by Gasteiger charge is -2.40. The van der Waals surface area contributed by atoms with Gasteiger partial charge in [-0.2, -0.15) is 5.10 Å². The van der Waals surface area contributed by atoms with Gasteiger partial charge in [0.05, 0.1) is 17.6 Å². The van der Waals surface area contributed by atoms with E-state index >= 15 is 0 Å². The first kappa shape index (κ1) is 19.1. The van der Waals surface area contributed by atoms with E-state index in [1.165, 1.54) is 36.8 Å². The molecule has 2 aromatic heterocycles. The molecule has 2 fully saturated rings. The van der Waals surface area contributed by atoms with Crippen molar-refractivity contribution in [3.05, 3.63) is 21.8 Å². The number of piperazine rings is 1. The van der Waals surface area contributed by atoms with Crippen LogP contribution in [0.2, 0.25) is 0 Å². The summed E-state index contributed by atoms with van der Waals surface area (Å²) in [4.78, 5) is 29.7. The molecule has 1 aliphatic carbocycles. The van der Waals surface area contributed by atoms with Crippen molar-refractivity contribution in [3.63, 3.8) is 0 Å². The first-order chi connectivity index (χ1) is 13.5. The van der Waals surface area contributed by atoms with Crippen LogP contribution in [0.3, 0.4) is 0 Å². The van der Waals surface area contributed by atoms with Crippen LogP contribution in [-0.2, 0) is 11.3 Å². The molecular formula is C20H29N5O3. The highest BCUT2D eigenvalue weighted by molar-refractivity contribution is 5.81. The van der Waals surface area contributed by atoms with E-state index in [1.807, 2.05) is 11.8 Å². The van der Waals surface area contributed by atoms with E-state index in [9.17, 15) is 9.59 Å². The highest BCUT2D eigenvalue weighted by Gasteiger charge is 2.27. The Balaban J connectivity index is 1.34. The van der Waals surface area contributed by atoms with Gasteiger partial charge in [0.15, 0.2) is 5.52 Å². The number of fused-ring (bicyclic) bond motifs is 1. The normalized spacial score (nSPS) is 19.4. The van der Waals surface area contributed by atoms with Crippen LogP contribution in [0.15, 0.2) is 9.32 Å².